The highest BCUT2D eigenvalue weighted by Gasteiger charge is 2.27. The summed E-state index contributed by atoms with van der Waals surface area (Å²) in [4.78, 5) is 11.2. The van der Waals surface area contributed by atoms with Crippen molar-refractivity contribution in [2.75, 3.05) is 25.2 Å². The Bertz CT molecular complexity index is 151. The molecule has 0 bridgehead atoms. The number of carbonyl (C=O) groups excluding carboxylic acids is 1. The molecule has 0 spiro atoms. The van der Waals surface area contributed by atoms with Gasteiger partial charge >= 0.3 is 0 Å². The minimum absolute atomic E-state index is 0.155. The molecular formula is C8H17NO3S. The first kappa shape index (κ1) is 12.7. The van der Waals surface area contributed by atoms with Crippen molar-refractivity contribution in [1.82, 2.24) is 5.32 Å². The molecule has 0 aliphatic carbocycles. The quantitative estimate of drug-likeness (QED) is 0.554. The fraction of sp³-hybridized carbons (Fsp3) is 0.875. The van der Waals surface area contributed by atoms with Crippen LogP contribution in [0.4, 0.5) is 0 Å². The lowest BCUT2D eigenvalue weighted by Gasteiger charge is -2.29. The molecule has 0 radical (unpaired) electrons. The first-order valence-electron chi connectivity index (χ1n) is 4.15. The molecule has 13 heavy (non-hydrogen) atoms. The average Bonchev–Trinajstić information content (AvgIpc) is 2.15. The van der Waals surface area contributed by atoms with Gasteiger partial charge < -0.3 is 15.5 Å². The molecule has 0 saturated carbocycles. The molecule has 78 valence electrons. The van der Waals surface area contributed by atoms with Gasteiger partial charge in [0.2, 0.25) is 5.91 Å². The Morgan fingerprint density at radius 2 is 2.00 bits per heavy atom. The number of hydrogen-bond acceptors (Lipinski definition) is 4. The summed E-state index contributed by atoms with van der Waals surface area (Å²) in [5.74, 6) is 0.194. The van der Waals surface area contributed by atoms with Crippen LogP contribution in [0.15, 0.2) is 0 Å². The molecule has 0 unspecified atom stereocenters. The third-order valence-corrected chi connectivity index (χ3v) is 2.51. The molecular weight excluding hydrogens is 190 g/mol. The lowest BCUT2D eigenvalue weighted by Crippen LogP contribution is -2.54. The Labute approximate surface area is 82.7 Å². The average molecular weight is 207 g/mol. The van der Waals surface area contributed by atoms with E-state index < -0.39 is 5.54 Å². The van der Waals surface area contributed by atoms with Gasteiger partial charge in [0.15, 0.2) is 0 Å². The maximum absolute atomic E-state index is 11.2. The van der Waals surface area contributed by atoms with Crippen molar-refractivity contribution in [2.45, 2.75) is 18.9 Å². The van der Waals surface area contributed by atoms with Gasteiger partial charge in [-0.15, -0.1) is 0 Å². The highest BCUT2D eigenvalue weighted by molar-refractivity contribution is 7.99. The fourth-order valence-corrected chi connectivity index (χ4v) is 1.24. The van der Waals surface area contributed by atoms with Crippen molar-refractivity contribution in [1.29, 1.82) is 0 Å². The lowest BCUT2D eigenvalue weighted by atomic mass is 9.99. The largest absolute Gasteiger partial charge is 0.394 e. The van der Waals surface area contributed by atoms with Gasteiger partial charge in [0.25, 0.3) is 0 Å². The second-order valence-corrected chi connectivity index (χ2v) is 3.80. The topological polar surface area (TPSA) is 69.6 Å². The third-order valence-electron chi connectivity index (χ3n) is 1.96. The van der Waals surface area contributed by atoms with E-state index in [1.165, 1.54) is 11.8 Å². The molecule has 5 heteroatoms. The Kier molecular flexibility index (Phi) is 6.11. The first-order valence-corrected chi connectivity index (χ1v) is 5.55. The van der Waals surface area contributed by atoms with Gasteiger partial charge in [-0.1, -0.05) is 6.92 Å². The normalized spacial score (nSPS) is 11.4. The standard InChI is InChI=1S/C8H17NO3S/c1-3-8(5-10,6-11)9-7(12)4-13-2/h10-11H,3-6H2,1-2H3,(H,9,12). The van der Waals surface area contributed by atoms with Crippen LogP contribution in [0.3, 0.4) is 0 Å². The van der Waals surface area contributed by atoms with Crippen LogP contribution in [0.1, 0.15) is 13.3 Å². The van der Waals surface area contributed by atoms with E-state index in [2.05, 4.69) is 5.32 Å². The van der Waals surface area contributed by atoms with Gasteiger partial charge in [-0.2, -0.15) is 11.8 Å². The molecule has 1 amide bonds. The van der Waals surface area contributed by atoms with Crippen LogP contribution < -0.4 is 5.32 Å². The van der Waals surface area contributed by atoms with E-state index in [0.29, 0.717) is 12.2 Å². The van der Waals surface area contributed by atoms with Crippen LogP contribution in [0, 0.1) is 0 Å². The van der Waals surface area contributed by atoms with Gasteiger partial charge in [0.1, 0.15) is 0 Å². The van der Waals surface area contributed by atoms with Gasteiger partial charge in [0, 0.05) is 0 Å². The summed E-state index contributed by atoms with van der Waals surface area (Å²) in [6.07, 6.45) is 2.34. The van der Waals surface area contributed by atoms with Crippen LogP contribution in [0.5, 0.6) is 0 Å². The van der Waals surface area contributed by atoms with E-state index >= 15 is 0 Å². The summed E-state index contributed by atoms with van der Waals surface area (Å²) in [6, 6.07) is 0. The molecule has 0 heterocycles. The third kappa shape index (κ3) is 3.97. The molecule has 0 aromatic carbocycles. The predicted molar refractivity (Wildman–Crippen MR) is 53.7 cm³/mol. The molecule has 0 aliphatic heterocycles. The Morgan fingerprint density at radius 1 is 1.46 bits per heavy atom. The van der Waals surface area contributed by atoms with Crippen molar-refractivity contribution in [3.8, 4) is 0 Å². The van der Waals surface area contributed by atoms with Crippen molar-refractivity contribution in [3.05, 3.63) is 0 Å². The number of nitrogens with one attached hydrogen (secondary N) is 1. The second kappa shape index (κ2) is 6.23. The Balaban J connectivity index is 4.16. The van der Waals surface area contributed by atoms with E-state index in [4.69, 9.17) is 10.2 Å². The van der Waals surface area contributed by atoms with Gasteiger partial charge in [-0.25, -0.2) is 0 Å². The number of amides is 1. The van der Waals surface area contributed by atoms with E-state index in [0.717, 1.165) is 0 Å². The number of carbonyl (C=O) groups is 1. The second-order valence-electron chi connectivity index (χ2n) is 2.93. The summed E-state index contributed by atoms with van der Waals surface area (Å²) in [5.41, 5.74) is -0.854. The number of aliphatic hydroxyl groups is 2. The molecule has 0 atom stereocenters. The molecule has 0 aromatic heterocycles. The molecule has 0 aromatic rings. The van der Waals surface area contributed by atoms with Gasteiger partial charge in [-0.05, 0) is 12.7 Å². The number of thioether (sulfide) groups is 1. The zero-order chi connectivity index (χ0) is 10.3. The number of aliphatic hydroxyl groups excluding tert-OH is 2. The highest BCUT2D eigenvalue weighted by Crippen LogP contribution is 2.08. The smallest absolute Gasteiger partial charge is 0.230 e. The molecule has 3 N–H and O–H groups in total. The van der Waals surface area contributed by atoms with Crippen LogP contribution in [0.2, 0.25) is 0 Å². The van der Waals surface area contributed by atoms with E-state index in [9.17, 15) is 4.79 Å². The van der Waals surface area contributed by atoms with Crippen molar-refractivity contribution in [2.24, 2.45) is 0 Å². The monoisotopic (exact) mass is 207 g/mol. The van der Waals surface area contributed by atoms with Crippen molar-refractivity contribution >= 4 is 17.7 Å². The minimum atomic E-state index is -0.854. The van der Waals surface area contributed by atoms with Crippen LogP contribution in [-0.2, 0) is 4.79 Å². The first-order chi connectivity index (χ1) is 6.14. The molecule has 0 rings (SSSR count). The maximum Gasteiger partial charge on any atom is 0.230 e. The predicted octanol–water partition coefficient (Wildman–Crippen LogP) is -0.401. The molecule has 0 aliphatic rings. The zero-order valence-electron chi connectivity index (χ0n) is 8.04. The number of rotatable bonds is 6. The van der Waals surface area contributed by atoms with Crippen LogP contribution >= 0.6 is 11.8 Å². The van der Waals surface area contributed by atoms with E-state index in [1.54, 1.807) is 0 Å². The highest BCUT2D eigenvalue weighted by atomic mass is 32.2. The van der Waals surface area contributed by atoms with Gasteiger partial charge in [-0.3, -0.25) is 4.79 Å². The SMILES string of the molecule is CCC(CO)(CO)NC(=O)CSC. The zero-order valence-corrected chi connectivity index (χ0v) is 8.86. The van der Waals surface area contributed by atoms with Crippen LogP contribution in [0.25, 0.3) is 0 Å². The molecule has 0 fully saturated rings. The summed E-state index contributed by atoms with van der Waals surface area (Å²) in [7, 11) is 0. The fourth-order valence-electron chi connectivity index (χ4n) is 0.904. The minimum Gasteiger partial charge on any atom is -0.394 e. The Hall–Kier alpha value is -0.260. The van der Waals surface area contributed by atoms with Gasteiger partial charge in [0.05, 0.1) is 24.5 Å². The maximum atomic E-state index is 11.2. The Morgan fingerprint density at radius 3 is 2.31 bits per heavy atom. The molecule has 0 saturated heterocycles. The summed E-state index contributed by atoms with van der Waals surface area (Å²) in [5, 5.41) is 20.6. The summed E-state index contributed by atoms with van der Waals surface area (Å²) in [6.45, 7) is 1.34. The summed E-state index contributed by atoms with van der Waals surface area (Å²) < 4.78 is 0. The number of hydrogen-bond donors (Lipinski definition) is 3. The van der Waals surface area contributed by atoms with Crippen molar-refractivity contribution in [3.63, 3.8) is 0 Å². The summed E-state index contributed by atoms with van der Waals surface area (Å²) >= 11 is 1.41. The van der Waals surface area contributed by atoms with E-state index in [-0.39, 0.29) is 19.1 Å². The van der Waals surface area contributed by atoms with Crippen molar-refractivity contribution < 1.29 is 15.0 Å². The lowest BCUT2D eigenvalue weighted by molar-refractivity contribution is -0.121. The molecule has 4 nitrogen and oxygen atoms in total. The van der Waals surface area contributed by atoms with Crippen LogP contribution in [-0.4, -0.2) is 46.9 Å². The van der Waals surface area contributed by atoms with E-state index in [1.807, 2.05) is 13.2 Å².